The quantitative estimate of drug-likeness (QED) is 0.596. The normalized spacial score (nSPS) is 9.00. The first-order valence-corrected chi connectivity index (χ1v) is 2.58. The third-order valence-corrected chi connectivity index (χ3v) is 0.922. The molecule has 0 aliphatic carbocycles. The second-order valence-electron chi connectivity index (χ2n) is 1.66. The molecule has 0 aromatic heterocycles. The van der Waals surface area contributed by atoms with Crippen molar-refractivity contribution in [3.05, 3.63) is 13.8 Å². The average Bonchev–Trinajstić information content (AvgIpc) is 1.68. The number of hydrogen-bond donors (Lipinski definition) is 0. The summed E-state index contributed by atoms with van der Waals surface area (Å²) in [5.41, 5.74) is 0. The van der Waals surface area contributed by atoms with Crippen LogP contribution in [0.15, 0.2) is 0 Å². The van der Waals surface area contributed by atoms with Crippen molar-refractivity contribution < 1.29 is 32.7 Å². The van der Waals surface area contributed by atoms with Crippen LogP contribution in [0.25, 0.3) is 0 Å². The molecule has 1 nitrogen and oxygen atoms in total. The molecule has 0 heterocycles. The Hall–Kier alpha value is 1.06. The zero-order valence-electron chi connectivity index (χ0n) is 5.56. The first-order chi connectivity index (χ1) is 3.31. The Morgan fingerprint density at radius 2 is 1.88 bits per heavy atom. The SMILES string of the molecule is [CH2-]CCN(C)C[CH2-].[Y]. The predicted molar refractivity (Wildman–Crippen MR) is 32.8 cm³/mol. The maximum Gasteiger partial charge on any atom is 0 e. The fourth-order valence-electron chi connectivity index (χ4n) is 0.382. The van der Waals surface area contributed by atoms with E-state index in [0.717, 1.165) is 19.5 Å². The van der Waals surface area contributed by atoms with Gasteiger partial charge >= 0.3 is 0 Å². The van der Waals surface area contributed by atoms with Gasteiger partial charge in [-0.05, 0) is 13.6 Å². The first kappa shape index (κ1) is 11.8. The molecule has 0 spiro atoms. The van der Waals surface area contributed by atoms with Gasteiger partial charge in [-0.1, -0.05) is 0 Å². The molecule has 0 aromatic carbocycles. The van der Waals surface area contributed by atoms with Crippen LogP contribution in [0.1, 0.15) is 6.42 Å². The molecular weight excluding hydrogens is 175 g/mol. The molecule has 0 fully saturated rings. The molecular formula is C6H13NY-2. The van der Waals surface area contributed by atoms with Crippen molar-refractivity contribution in [3.63, 3.8) is 0 Å². The van der Waals surface area contributed by atoms with Gasteiger partial charge in [-0.15, -0.1) is 6.54 Å². The summed E-state index contributed by atoms with van der Waals surface area (Å²) < 4.78 is 0. The van der Waals surface area contributed by atoms with E-state index in [1.165, 1.54) is 0 Å². The molecule has 8 heavy (non-hydrogen) atoms. The molecule has 2 heteroatoms. The Balaban J connectivity index is 0. The van der Waals surface area contributed by atoms with E-state index in [0.29, 0.717) is 0 Å². The molecule has 0 aliphatic heterocycles. The van der Waals surface area contributed by atoms with Gasteiger partial charge in [-0.2, -0.15) is 6.42 Å². The largest absolute Gasteiger partial charge is 0.342 e. The molecule has 0 saturated heterocycles. The summed E-state index contributed by atoms with van der Waals surface area (Å²) in [4.78, 5) is 2.13. The molecule has 0 aromatic rings. The minimum absolute atomic E-state index is 0. The standard InChI is InChI=1S/C6H13N.Y/c1-4-6-7(3)5-2;/h1-2,4-6H2,3H3;/q-2;. The van der Waals surface area contributed by atoms with Crippen LogP contribution in [0.5, 0.6) is 0 Å². The average molecular weight is 188 g/mol. The van der Waals surface area contributed by atoms with Gasteiger partial charge in [0.25, 0.3) is 0 Å². The smallest absolute Gasteiger partial charge is 0 e. The van der Waals surface area contributed by atoms with E-state index in [1.54, 1.807) is 0 Å². The topological polar surface area (TPSA) is 3.24 Å². The summed E-state index contributed by atoms with van der Waals surface area (Å²) in [6.45, 7) is 9.35. The monoisotopic (exact) mass is 188 g/mol. The van der Waals surface area contributed by atoms with Crippen molar-refractivity contribution in [2.24, 2.45) is 0 Å². The summed E-state index contributed by atoms with van der Waals surface area (Å²) in [5, 5.41) is 0. The van der Waals surface area contributed by atoms with Crippen LogP contribution in [0.2, 0.25) is 0 Å². The molecule has 47 valence electrons. The Kier molecular flexibility index (Phi) is 11.9. The van der Waals surface area contributed by atoms with Crippen molar-refractivity contribution in [2.75, 3.05) is 20.1 Å². The van der Waals surface area contributed by atoms with Crippen LogP contribution >= 0.6 is 0 Å². The van der Waals surface area contributed by atoms with Gasteiger partial charge in [0.05, 0.1) is 0 Å². The number of hydrogen-bond acceptors (Lipinski definition) is 1. The fraction of sp³-hybridized carbons (Fsp3) is 0.667. The summed E-state index contributed by atoms with van der Waals surface area (Å²) in [7, 11) is 2.04. The molecule has 0 aliphatic rings. The van der Waals surface area contributed by atoms with Gasteiger partial charge in [0.15, 0.2) is 0 Å². The Morgan fingerprint density at radius 1 is 1.38 bits per heavy atom. The van der Waals surface area contributed by atoms with Crippen LogP contribution < -0.4 is 0 Å². The summed E-state index contributed by atoms with van der Waals surface area (Å²) in [5.74, 6) is 0. The van der Waals surface area contributed by atoms with Gasteiger partial charge in [0.1, 0.15) is 0 Å². The second kappa shape index (κ2) is 8.06. The number of rotatable bonds is 3. The summed E-state index contributed by atoms with van der Waals surface area (Å²) >= 11 is 0. The summed E-state index contributed by atoms with van der Waals surface area (Å²) in [6.07, 6.45) is 0.978. The van der Waals surface area contributed by atoms with Gasteiger partial charge < -0.3 is 18.7 Å². The van der Waals surface area contributed by atoms with Crippen LogP contribution in [0.4, 0.5) is 0 Å². The van der Waals surface area contributed by atoms with Crippen molar-refractivity contribution in [2.45, 2.75) is 6.42 Å². The number of nitrogens with zero attached hydrogens (tertiary/aromatic N) is 1. The van der Waals surface area contributed by atoms with E-state index >= 15 is 0 Å². The van der Waals surface area contributed by atoms with E-state index < -0.39 is 0 Å². The second-order valence-corrected chi connectivity index (χ2v) is 1.66. The molecule has 0 rings (SSSR count). The van der Waals surface area contributed by atoms with Crippen molar-refractivity contribution >= 4 is 0 Å². The molecule has 0 unspecified atom stereocenters. The zero-order chi connectivity index (χ0) is 5.70. The van der Waals surface area contributed by atoms with Crippen LogP contribution in [0.3, 0.4) is 0 Å². The van der Waals surface area contributed by atoms with E-state index in [2.05, 4.69) is 18.7 Å². The fourth-order valence-corrected chi connectivity index (χ4v) is 0.382. The Labute approximate surface area is 77.7 Å². The van der Waals surface area contributed by atoms with Crippen molar-refractivity contribution in [1.82, 2.24) is 4.90 Å². The van der Waals surface area contributed by atoms with Gasteiger partial charge in [-0.25, -0.2) is 0 Å². The van der Waals surface area contributed by atoms with Crippen LogP contribution in [0, 0.1) is 13.8 Å². The van der Waals surface area contributed by atoms with Crippen LogP contribution in [-0.2, 0) is 32.7 Å². The molecule has 0 atom stereocenters. The molecule has 0 bridgehead atoms. The van der Waals surface area contributed by atoms with Crippen molar-refractivity contribution in [1.29, 1.82) is 0 Å². The van der Waals surface area contributed by atoms with Gasteiger partial charge in [0.2, 0.25) is 0 Å². The van der Waals surface area contributed by atoms with Crippen molar-refractivity contribution in [3.8, 4) is 0 Å². The van der Waals surface area contributed by atoms with E-state index in [9.17, 15) is 0 Å². The van der Waals surface area contributed by atoms with Gasteiger partial charge in [-0.3, -0.25) is 0 Å². The minimum atomic E-state index is 0. The predicted octanol–water partition coefficient (Wildman–Crippen LogP) is 0.974. The maximum absolute atomic E-state index is 3.70. The third kappa shape index (κ3) is 7.06. The summed E-state index contributed by atoms with van der Waals surface area (Å²) in [6, 6.07) is 0. The van der Waals surface area contributed by atoms with E-state index in [4.69, 9.17) is 0 Å². The Morgan fingerprint density at radius 3 is 2.00 bits per heavy atom. The minimum Gasteiger partial charge on any atom is -0.342 e. The Bertz CT molecular complexity index is 39.5. The maximum atomic E-state index is 3.70. The van der Waals surface area contributed by atoms with E-state index in [-0.39, 0.29) is 32.7 Å². The molecule has 0 N–H and O–H groups in total. The molecule has 0 amide bonds. The third-order valence-electron chi connectivity index (χ3n) is 0.922. The van der Waals surface area contributed by atoms with Crippen LogP contribution in [-0.4, -0.2) is 25.0 Å². The first-order valence-electron chi connectivity index (χ1n) is 2.58. The molecule has 0 saturated carbocycles. The molecule has 1 radical (unpaired) electrons. The zero-order valence-corrected chi connectivity index (χ0v) is 8.40. The van der Waals surface area contributed by atoms with E-state index in [1.807, 2.05) is 7.05 Å². The van der Waals surface area contributed by atoms with Gasteiger partial charge in [0, 0.05) is 32.7 Å².